The van der Waals surface area contributed by atoms with Crippen LogP contribution in [0.25, 0.3) is 0 Å². The second-order valence-corrected chi connectivity index (χ2v) is 4.96. The van der Waals surface area contributed by atoms with Gasteiger partial charge in [0.05, 0.1) is 6.10 Å². The fraction of sp³-hybridized carbons (Fsp3) is 0.846. The first-order chi connectivity index (χ1) is 6.46. The fourth-order valence-corrected chi connectivity index (χ4v) is 1.68. The Hall–Kier alpha value is -0.300. The topological polar surface area (TPSA) is 20.2 Å². The van der Waals surface area contributed by atoms with Gasteiger partial charge in [-0.3, -0.25) is 0 Å². The van der Waals surface area contributed by atoms with E-state index in [1.807, 2.05) is 6.08 Å². The number of hydrogen-bond acceptors (Lipinski definition) is 1. The van der Waals surface area contributed by atoms with E-state index >= 15 is 0 Å². The van der Waals surface area contributed by atoms with E-state index in [1.165, 1.54) is 6.42 Å². The predicted molar refractivity (Wildman–Crippen MR) is 63.3 cm³/mol. The fourth-order valence-electron chi connectivity index (χ4n) is 1.68. The first-order valence-electron chi connectivity index (χ1n) is 5.78. The molecule has 0 amide bonds. The van der Waals surface area contributed by atoms with Crippen LogP contribution in [0.5, 0.6) is 0 Å². The molecule has 2 unspecified atom stereocenters. The SMILES string of the molecule is C=CC(C)(CCCC)C(O)CC(C)C. The largest absolute Gasteiger partial charge is 0.392 e. The lowest BCUT2D eigenvalue weighted by Crippen LogP contribution is -2.31. The van der Waals surface area contributed by atoms with Gasteiger partial charge in [-0.15, -0.1) is 6.58 Å². The molecule has 0 spiro atoms. The van der Waals surface area contributed by atoms with Crippen LogP contribution >= 0.6 is 0 Å². The van der Waals surface area contributed by atoms with Gasteiger partial charge in [-0.1, -0.05) is 46.6 Å². The van der Waals surface area contributed by atoms with E-state index in [0.717, 1.165) is 19.3 Å². The zero-order valence-corrected chi connectivity index (χ0v) is 10.2. The Morgan fingerprint density at radius 2 is 2.00 bits per heavy atom. The second kappa shape index (κ2) is 6.23. The molecule has 0 bridgehead atoms. The van der Waals surface area contributed by atoms with Crippen molar-refractivity contribution in [1.29, 1.82) is 0 Å². The van der Waals surface area contributed by atoms with Gasteiger partial charge in [-0.05, 0) is 18.8 Å². The summed E-state index contributed by atoms with van der Waals surface area (Å²) < 4.78 is 0. The Morgan fingerprint density at radius 1 is 1.43 bits per heavy atom. The molecule has 0 rings (SSSR count). The van der Waals surface area contributed by atoms with Crippen LogP contribution < -0.4 is 0 Å². The van der Waals surface area contributed by atoms with Crippen LogP contribution in [-0.2, 0) is 0 Å². The number of aliphatic hydroxyl groups is 1. The number of rotatable bonds is 7. The Morgan fingerprint density at radius 3 is 2.36 bits per heavy atom. The minimum Gasteiger partial charge on any atom is -0.392 e. The van der Waals surface area contributed by atoms with Gasteiger partial charge in [-0.25, -0.2) is 0 Å². The van der Waals surface area contributed by atoms with Crippen molar-refractivity contribution in [3.63, 3.8) is 0 Å². The van der Waals surface area contributed by atoms with Gasteiger partial charge in [0.2, 0.25) is 0 Å². The van der Waals surface area contributed by atoms with Crippen molar-refractivity contribution in [2.45, 2.75) is 59.5 Å². The van der Waals surface area contributed by atoms with Gasteiger partial charge in [0.25, 0.3) is 0 Å². The molecule has 84 valence electrons. The monoisotopic (exact) mass is 198 g/mol. The Kier molecular flexibility index (Phi) is 6.10. The van der Waals surface area contributed by atoms with E-state index in [0.29, 0.717) is 5.92 Å². The van der Waals surface area contributed by atoms with Crippen molar-refractivity contribution in [3.05, 3.63) is 12.7 Å². The molecule has 0 radical (unpaired) electrons. The Balaban J connectivity index is 4.26. The average Bonchev–Trinajstić information content (AvgIpc) is 2.13. The highest BCUT2D eigenvalue weighted by Crippen LogP contribution is 2.32. The third-order valence-corrected chi connectivity index (χ3v) is 2.99. The summed E-state index contributed by atoms with van der Waals surface area (Å²) in [5.74, 6) is 0.547. The van der Waals surface area contributed by atoms with Crippen LogP contribution in [0.1, 0.15) is 53.4 Å². The first kappa shape index (κ1) is 13.7. The van der Waals surface area contributed by atoms with Crippen molar-refractivity contribution >= 4 is 0 Å². The third-order valence-electron chi connectivity index (χ3n) is 2.99. The highest BCUT2D eigenvalue weighted by molar-refractivity contribution is 4.96. The summed E-state index contributed by atoms with van der Waals surface area (Å²) >= 11 is 0. The van der Waals surface area contributed by atoms with E-state index < -0.39 is 0 Å². The molecule has 1 heteroatoms. The zero-order valence-electron chi connectivity index (χ0n) is 10.2. The van der Waals surface area contributed by atoms with Gasteiger partial charge in [0, 0.05) is 5.41 Å². The van der Waals surface area contributed by atoms with Crippen LogP contribution in [0.3, 0.4) is 0 Å². The highest BCUT2D eigenvalue weighted by Gasteiger charge is 2.29. The molecule has 0 aliphatic heterocycles. The van der Waals surface area contributed by atoms with Crippen molar-refractivity contribution < 1.29 is 5.11 Å². The third kappa shape index (κ3) is 4.28. The van der Waals surface area contributed by atoms with Crippen molar-refractivity contribution in [3.8, 4) is 0 Å². The molecule has 0 aromatic heterocycles. The molecule has 0 saturated carbocycles. The molecule has 0 aromatic carbocycles. The van der Waals surface area contributed by atoms with Crippen LogP contribution in [-0.4, -0.2) is 11.2 Å². The van der Waals surface area contributed by atoms with Crippen LogP contribution in [0.15, 0.2) is 12.7 Å². The smallest absolute Gasteiger partial charge is 0.0630 e. The highest BCUT2D eigenvalue weighted by atomic mass is 16.3. The minimum atomic E-state index is -0.244. The van der Waals surface area contributed by atoms with Crippen LogP contribution in [0.4, 0.5) is 0 Å². The van der Waals surface area contributed by atoms with Crippen molar-refractivity contribution in [2.24, 2.45) is 11.3 Å². The number of aliphatic hydroxyl groups excluding tert-OH is 1. The van der Waals surface area contributed by atoms with E-state index in [1.54, 1.807) is 0 Å². The molecule has 0 heterocycles. The van der Waals surface area contributed by atoms with E-state index in [4.69, 9.17) is 0 Å². The maximum absolute atomic E-state index is 10.1. The summed E-state index contributed by atoms with van der Waals surface area (Å²) in [5.41, 5.74) is -0.0969. The average molecular weight is 198 g/mol. The zero-order chi connectivity index (χ0) is 11.2. The Labute approximate surface area is 89.2 Å². The standard InChI is InChI=1S/C13H26O/c1-6-8-9-13(5,7-2)12(14)10-11(3)4/h7,11-12,14H,2,6,8-10H2,1,3-5H3. The van der Waals surface area contributed by atoms with Gasteiger partial charge in [0.1, 0.15) is 0 Å². The maximum atomic E-state index is 10.1. The predicted octanol–water partition coefficient (Wildman–Crippen LogP) is 3.78. The summed E-state index contributed by atoms with van der Waals surface area (Å²) in [6, 6.07) is 0. The van der Waals surface area contributed by atoms with Crippen molar-refractivity contribution in [2.75, 3.05) is 0 Å². The summed E-state index contributed by atoms with van der Waals surface area (Å²) in [7, 11) is 0. The van der Waals surface area contributed by atoms with E-state index in [9.17, 15) is 5.11 Å². The molecule has 0 aromatic rings. The second-order valence-electron chi connectivity index (χ2n) is 4.96. The molecule has 0 aliphatic carbocycles. The summed E-state index contributed by atoms with van der Waals surface area (Å²) in [6.45, 7) is 12.4. The van der Waals surface area contributed by atoms with Crippen molar-refractivity contribution in [1.82, 2.24) is 0 Å². The van der Waals surface area contributed by atoms with Gasteiger partial charge in [0.15, 0.2) is 0 Å². The summed E-state index contributed by atoms with van der Waals surface area (Å²) in [6.07, 6.45) is 5.93. The van der Waals surface area contributed by atoms with E-state index in [2.05, 4.69) is 34.3 Å². The molecule has 0 aliphatic rings. The molecular formula is C13H26O. The number of unbranched alkanes of at least 4 members (excludes halogenated alkanes) is 1. The first-order valence-corrected chi connectivity index (χ1v) is 5.78. The van der Waals surface area contributed by atoms with Gasteiger partial charge in [-0.2, -0.15) is 0 Å². The molecule has 1 N–H and O–H groups in total. The molecule has 2 atom stereocenters. The molecule has 0 fully saturated rings. The van der Waals surface area contributed by atoms with Crippen LogP contribution in [0.2, 0.25) is 0 Å². The normalized spacial score (nSPS) is 17.9. The Bertz CT molecular complexity index is 163. The lowest BCUT2D eigenvalue weighted by atomic mass is 9.77. The van der Waals surface area contributed by atoms with Crippen LogP contribution in [0, 0.1) is 11.3 Å². The summed E-state index contributed by atoms with van der Waals surface area (Å²) in [4.78, 5) is 0. The molecule has 14 heavy (non-hydrogen) atoms. The maximum Gasteiger partial charge on any atom is 0.0630 e. The summed E-state index contributed by atoms with van der Waals surface area (Å²) in [5, 5.41) is 10.1. The minimum absolute atomic E-state index is 0.0969. The van der Waals surface area contributed by atoms with E-state index in [-0.39, 0.29) is 11.5 Å². The molecule has 0 saturated heterocycles. The lowest BCUT2D eigenvalue weighted by molar-refractivity contribution is 0.0453. The number of hydrogen-bond donors (Lipinski definition) is 1. The van der Waals surface area contributed by atoms with Gasteiger partial charge < -0.3 is 5.11 Å². The lowest BCUT2D eigenvalue weighted by Gasteiger charge is -2.32. The molecular weight excluding hydrogens is 172 g/mol. The quantitative estimate of drug-likeness (QED) is 0.617. The van der Waals surface area contributed by atoms with Gasteiger partial charge >= 0.3 is 0 Å². The molecule has 1 nitrogen and oxygen atoms in total.